The molecule has 0 aliphatic carbocycles. The van der Waals surface area contributed by atoms with Gasteiger partial charge >= 0.3 is 0 Å². The van der Waals surface area contributed by atoms with E-state index in [1.165, 1.54) is 14.2 Å². The molecule has 0 fully saturated rings. The Labute approximate surface area is 136 Å². The number of aliphatic hydroxyl groups is 1. The van der Waals surface area contributed by atoms with Crippen LogP contribution in [-0.4, -0.2) is 32.5 Å². The minimum absolute atomic E-state index is 0.458. The molecule has 0 aromatic heterocycles. The van der Waals surface area contributed by atoms with Gasteiger partial charge in [-0.1, -0.05) is 30.3 Å². The number of hydrogen-bond donors (Lipinski definition) is 2. The second kappa shape index (κ2) is 7.85. The molecule has 0 saturated heterocycles. The van der Waals surface area contributed by atoms with E-state index in [1.54, 1.807) is 19.2 Å². The van der Waals surface area contributed by atoms with Crippen molar-refractivity contribution in [2.75, 3.05) is 21.3 Å². The van der Waals surface area contributed by atoms with Crippen molar-refractivity contribution in [2.24, 2.45) is 5.73 Å². The molecule has 3 N–H and O–H groups in total. The lowest BCUT2D eigenvalue weighted by Gasteiger charge is -2.23. The monoisotopic (exact) mass is 317 g/mol. The largest absolute Gasteiger partial charge is 0.493 e. The van der Waals surface area contributed by atoms with E-state index in [1.807, 2.05) is 30.3 Å². The molecule has 0 amide bonds. The zero-order valence-corrected chi connectivity index (χ0v) is 13.7. The van der Waals surface area contributed by atoms with Crippen molar-refractivity contribution in [2.45, 2.75) is 18.6 Å². The van der Waals surface area contributed by atoms with Crippen LogP contribution in [0.15, 0.2) is 42.5 Å². The van der Waals surface area contributed by atoms with Crippen molar-refractivity contribution in [3.05, 3.63) is 53.6 Å². The van der Waals surface area contributed by atoms with E-state index in [2.05, 4.69) is 0 Å². The Morgan fingerprint density at radius 3 is 2.13 bits per heavy atom. The summed E-state index contributed by atoms with van der Waals surface area (Å²) in [5, 5.41) is 10.5. The highest BCUT2D eigenvalue weighted by molar-refractivity contribution is 5.56. The Hall–Kier alpha value is -2.24. The number of ether oxygens (including phenoxy) is 3. The van der Waals surface area contributed by atoms with Crippen LogP contribution in [0.4, 0.5) is 0 Å². The van der Waals surface area contributed by atoms with E-state index in [0.717, 1.165) is 5.56 Å². The van der Waals surface area contributed by atoms with Crippen molar-refractivity contribution < 1.29 is 19.3 Å². The average molecular weight is 317 g/mol. The summed E-state index contributed by atoms with van der Waals surface area (Å²) < 4.78 is 16.1. The van der Waals surface area contributed by atoms with E-state index in [4.69, 9.17) is 19.9 Å². The van der Waals surface area contributed by atoms with Crippen LogP contribution in [0.2, 0.25) is 0 Å². The predicted octanol–water partition coefficient (Wildman–Crippen LogP) is 2.32. The van der Waals surface area contributed by atoms with Crippen molar-refractivity contribution in [3.63, 3.8) is 0 Å². The van der Waals surface area contributed by atoms with Gasteiger partial charge in [0.15, 0.2) is 11.5 Å². The zero-order chi connectivity index (χ0) is 16.8. The first-order chi connectivity index (χ1) is 11.1. The lowest BCUT2D eigenvalue weighted by molar-refractivity contribution is 0.143. The molecule has 0 aliphatic rings. The van der Waals surface area contributed by atoms with Crippen molar-refractivity contribution >= 4 is 0 Å². The van der Waals surface area contributed by atoms with Crippen LogP contribution in [0.5, 0.6) is 17.2 Å². The molecule has 0 bridgehead atoms. The Kier molecular flexibility index (Phi) is 5.84. The smallest absolute Gasteiger partial charge is 0.203 e. The Bertz CT molecular complexity index is 630. The van der Waals surface area contributed by atoms with Crippen LogP contribution in [0.1, 0.15) is 17.2 Å². The van der Waals surface area contributed by atoms with Gasteiger partial charge in [-0.05, 0) is 17.7 Å². The van der Waals surface area contributed by atoms with Gasteiger partial charge in [0.25, 0.3) is 0 Å². The number of benzene rings is 2. The molecular weight excluding hydrogens is 294 g/mol. The summed E-state index contributed by atoms with van der Waals surface area (Å²) in [6, 6.07) is 12.7. The zero-order valence-electron chi connectivity index (χ0n) is 13.7. The molecular formula is C18H23NO4. The first-order valence-electron chi connectivity index (χ1n) is 7.38. The summed E-state index contributed by atoms with van der Waals surface area (Å²) >= 11 is 0. The van der Waals surface area contributed by atoms with Crippen LogP contribution < -0.4 is 19.9 Å². The number of nitrogens with two attached hydrogens (primary N) is 1. The highest BCUT2D eigenvalue weighted by Gasteiger charge is 2.25. The van der Waals surface area contributed by atoms with E-state index in [9.17, 15) is 5.11 Å². The Morgan fingerprint density at radius 2 is 1.57 bits per heavy atom. The maximum absolute atomic E-state index is 10.5. The molecule has 0 unspecified atom stereocenters. The number of methoxy groups -OCH3 is 3. The third-order valence-corrected chi connectivity index (χ3v) is 3.80. The molecule has 2 rings (SSSR count). The minimum Gasteiger partial charge on any atom is -0.493 e. The molecule has 0 aliphatic heterocycles. The van der Waals surface area contributed by atoms with Crippen LogP contribution in [0.25, 0.3) is 0 Å². The second-order valence-corrected chi connectivity index (χ2v) is 5.21. The average Bonchev–Trinajstić information content (AvgIpc) is 2.60. The van der Waals surface area contributed by atoms with E-state index in [-0.39, 0.29) is 0 Å². The van der Waals surface area contributed by atoms with Crippen molar-refractivity contribution in [1.82, 2.24) is 0 Å². The summed E-state index contributed by atoms with van der Waals surface area (Å²) in [5.74, 6) is 1.50. The molecule has 2 aromatic rings. The fraction of sp³-hybridized carbons (Fsp3) is 0.333. The molecule has 0 heterocycles. The van der Waals surface area contributed by atoms with E-state index >= 15 is 0 Å². The third kappa shape index (κ3) is 3.75. The minimum atomic E-state index is -0.746. The van der Waals surface area contributed by atoms with Crippen LogP contribution in [0.3, 0.4) is 0 Å². The lowest BCUT2D eigenvalue weighted by Crippen LogP contribution is -2.28. The molecule has 0 radical (unpaired) electrons. The van der Waals surface area contributed by atoms with Gasteiger partial charge in [0.2, 0.25) is 5.75 Å². The molecule has 0 spiro atoms. The molecule has 124 valence electrons. The van der Waals surface area contributed by atoms with Gasteiger partial charge in [0.1, 0.15) is 0 Å². The van der Waals surface area contributed by atoms with Gasteiger partial charge in [-0.25, -0.2) is 0 Å². The van der Waals surface area contributed by atoms with Gasteiger partial charge in [-0.15, -0.1) is 0 Å². The topological polar surface area (TPSA) is 73.9 Å². The maximum Gasteiger partial charge on any atom is 0.203 e. The standard InChI is InChI=1S/C18H23NO4/c1-21-15-10-9-13(17(22-2)18(15)23-3)16(19)14(20)11-12-7-5-4-6-8-12/h4-10,14,16,20H,11,19H2,1-3H3/t14-,16+/m0/s1. The van der Waals surface area contributed by atoms with Crippen molar-refractivity contribution in [1.29, 1.82) is 0 Å². The highest BCUT2D eigenvalue weighted by Crippen LogP contribution is 2.42. The summed E-state index contributed by atoms with van der Waals surface area (Å²) in [6.45, 7) is 0. The highest BCUT2D eigenvalue weighted by atomic mass is 16.5. The Balaban J connectivity index is 2.29. The summed E-state index contributed by atoms with van der Waals surface area (Å²) in [5.41, 5.74) is 7.95. The molecule has 5 heteroatoms. The maximum atomic E-state index is 10.5. The van der Waals surface area contributed by atoms with Crippen LogP contribution in [-0.2, 0) is 6.42 Å². The van der Waals surface area contributed by atoms with Gasteiger partial charge in [-0.3, -0.25) is 0 Å². The second-order valence-electron chi connectivity index (χ2n) is 5.21. The van der Waals surface area contributed by atoms with E-state index < -0.39 is 12.1 Å². The normalized spacial score (nSPS) is 13.3. The molecule has 2 atom stereocenters. The fourth-order valence-corrected chi connectivity index (χ4v) is 2.58. The predicted molar refractivity (Wildman–Crippen MR) is 89.2 cm³/mol. The van der Waals surface area contributed by atoms with Crippen LogP contribution >= 0.6 is 0 Å². The van der Waals surface area contributed by atoms with Crippen molar-refractivity contribution in [3.8, 4) is 17.2 Å². The molecule has 23 heavy (non-hydrogen) atoms. The number of aliphatic hydroxyl groups excluding tert-OH is 1. The molecule has 0 saturated carbocycles. The summed E-state index contributed by atoms with van der Waals surface area (Å²) in [6.07, 6.45) is -0.288. The van der Waals surface area contributed by atoms with Gasteiger partial charge in [-0.2, -0.15) is 0 Å². The lowest BCUT2D eigenvalue weighted by atomic mass is 9.95. The number of hydrogen-bond acceptors (Lipinski definition) is 5. The first-order valence-corrected chi connectivity index (χ1v) is 7.38. The fourth-order valence-electron chi connectivity index (χ4n) is 2.58. The Morgan fingerprint density at radius 1 is 0.913 bits per heavy atom. The third-order valence-electron chi connectivity index (χ3n) is 3.80. The first kappa shape index (κ1) is 17.1. The summed E-state index contributed by atoms with van der Waals surface area (Å²) in [4.78, 5) is 0. The van der Waals surface area contributed by atoms with Gasteiger partial charge in [0.05, 0.1) is 33.5 Å². The molecule has 2 aromatic carbocycles. The van der Waals surface area contributed by atoms with Gasteiger partial charge < -0.3 is 25.1 Å². The number of rotatable bonds is 7. The quantitative estimate of drug-likeness (QED) is 0.820. The SMILES string of the molecule is COc1ccc([C@@H](N)[C@@H](O)Cc2ccccc2)c(OC)c1OC. The summed E-state index contributed by atoms with van der Waals surface area (Å²) in [7, 11) is 4.63. The van der Waals surface area contributed by atoms with Crippen LogP contribution in [0, 0.1) is 0 Å². The van der Waals surface area contributed by atoms with Gasteiger partial charge in [0, 0.05) is 12.0 Å². The van der Waals surface area contributed by atoms with E-state index in [0.29, 0.717) is 29.2 Å². The molecule has 5 nitrogen and oxygen atoms in total.